The molecular formula is C73H78N24O18. The SMILES string of the molecule is C#CCC1(CNC(=O)c2cc(CO)c(O)c(OC)c2)N=N1.C#CCC1(CNC(=O)c2ccc(O)c(OC)c2)N=N1.C#CCC1(CNC(=O)c2ccc(O)cc2)N=N1.CCC1(CNC(=O)c2cc(CO)c(O)c(OC)c2)N=N1.COc1cc(C(=O)NCC2(CN=[N+]=[N-])N=N2)ccc1O.[N-]=[N+]=NCC1(CNC(=O)c2ccc(O)cc2)N=N1. The van der Waals surface area contributed by atoms with E-state index in [1.165, 1.54) is 126 Å². The van der Waals surface area contributed by atoms with Gasteiger partial charge in [-0.15, -0.1) is 37.0 Å². The van der Waals surface area contributed by atoms with Gasteiger partial charge in [0.1, 0.15) is 11.5 Å². The van der Waals surface area contributed by atoms with E-state index in [0.29, 0.717) is 60.2 Å². The number of ether oxygens (including phenoxy) is 4. The number of amides is 6. The molecule has 0 bridgehead atoms. The number of aliphatic hydroxyl groups excluding tert-OH is 2. The summed E-state index contributed by atoms with van der Waals surface area (Å²) in [5.74, 6) is 5.99. The van der Waals surface area contributed by atoms with Crippen molar-refractivity contribution in [1.82, 2.24) is 31.9 Å². The number of rotatable bonds is 32. The summed E-state index contributed by atoms with van der Waals surface area (Å²) in [5, 5.41) is 144. The van der Waals surface area contributed by atoms with E-state index < -0.39 is 46.5 Å². The molecule has 6 amide bonds. The Labute approximate surface area is 654 Å². The van der Waals surface area contributed by atoms with Gasteiger partial charge in [-0.05, 0) is 127 Å². The zero-order valence-electron chi connectivity index (χ0n) is 62.2. The summed E-state index contributed by atoms with van der Waals surface area (Å²) in [4.78, 5) is 76.7. The Morgan fingerprint density at radius 1 is 0.383 bits per heavy atom. The lowest BCUT2D eigenvalue weighted by Gasteiger charge is -2.12. The molecule has 0 saturated carbocycles. The summed E-state index contributed by atoms with van der Waals surface area (Å²) >= 11 is 0. The largest absolute Gasteiger partial charge is 0.508 e. The van der Waals surface area contributed by atoms with Crippen molar-refractivity contribution in [3.63, 3.8) is 0 Å². The molecule has 0 unspecified atom stereocenters. The van der Waals surface area contributed by atoms with Crippen LogP contribution in [0.25, 0.3) is 20.9 Å². The number of nitrogens with one attached hydrogen (secondary N) is 6. The maximum absolute atomic E-state index is 12.1. The molecule has 0 fully saturated rings. The molecule has 42 heteroatoms. The lowest BCUT2D eigenvalue weighted by Crippen LogP contribution is -2.36. The smallest absolute Gasteiger partial charge is 0.251 e. The third-order valence-electron chi connectivity index (χ3n) is 16.7. The Bertz CT molecular complexity index is 4920. The van der Waals surface area contributed by atoms with Gasteiger partial charge in [0.05, 0.1) is 113 Å². The minimum atomic E-state index is -0.830. The summed E-state index contributed by atoms with van der Waals surface area (Å²) in [5.41, 5.74) is 15.0. The van der Waals surface area contributed by atoms with Crippen molar-refractivity contribution >= 4 is 35.4 Å². The van der Waals surface area contributed by atoms with E-state index in [1.54, 1.807) is 12.1 Å². The third kappa shape index (κ3) is 25.8. The van der Waals surface area contributed by atoms with Crippen molar-refractivity contribution < 1.29 is 88.6 Å². The second-order valence-corrected chi connectivity index (χ2v) is 25.0. The van der Waals surface area contributed by atoms with Gasteiger partial charge in [0.25, 0.3) is 35.4 Å². The Balaban J connectivity index is 0.000000191. The van der Waals surface area contributed by atoms with Crippen LogP contribution in [0.2, 0.25) is 0 Å². The lowest BCUT2D eigenvalue weighted by molar-refractivity contribution is 0.0940. The van der Waals surface area contributed by atoms with E-state index in [-0.39, 0.29) is 150 Å². The number of benzene rings is 6. The number of hydrogen-bond acceptors (Lipinski definition) is 32. The topological polar surface area (TPSA) is 619 Å². The molecule has 6 aliphatic rings. The van der Waals surface area contributed by atoms with Gasteiger partial charge in [0.2, 0.25) is 34.0 Å². The molecule has 12 rings (SSSR count). The first-order valence-corrected chi connectivity index (χ1v) is 34.1. The van der Waals surface area contributed by atoms with Crippen LogP contribution < -0.4 is 50.8 Å². The van der Waals surface area contributed by atoms with Gasteiger partial charge < -0.3 is 91.7 Å². The summed E-state index contributed by atoms with van der Waals surface area (Å²) in [6, 6.07) is 26.1. The van der Waals surface area contributed by atoms with Gasteiger partial charge in [-0.2, -0.15) is 61.4 Å². The molecule has 0 radical (unpaired) electrons. The van der Waals surface area contributed by atoms with Crippen LogP contribution in [0.4, 0.5) is 0 Å². The average molecular weight is 1580 g/mol. The van der Waals surface area contributed by atoms with Gasteiger partial charge >= 0.3 is 0 Å². The van der Waals surface area contributed by atoms with Crippen molar-refractivity contribution in [3.8, 4) is 94.5 Å². The van der Waals surface area contributed by atoms with E-state index in [4.69, 9.17) is 59.5 Å². The fraction of sp³-hybridized carbons (Fsp3) is 0.342. The third-order valence-corrected chi connectivity index (χ3v) is 16.7. The second-order valence-electron chi connectivity index (χ2n) is 25.0. The van der Waals surface area contributed by atoms with E-state index in [2.05, 4.69) is 131 Å². The fourth-order valence-electron chi connectivity index (χ4n) is 9.49. The quantitative estimate of drug-likeness (QED) is 0.00827. The van der Waals surface area contributed by atoms with E-state index >= 15 is 0 Å². The highest BCUT2D eigenvalue weighted by atomic mass is 16.5. The minimum Gasteiger partial charge on any atom is -0.508 e. The highest BCUT2D eigenvalue weighted by molar-refractivity contribution is 5.98. The van der Waals surface area contributed by atoms with Gasteiger partial charge in [0.15, 0.2) is 46.0 Å². The molecule has 598 valence electrons. The summed E-state index contributed by atoms with van der Waals surface area (Å²) < 4.78 is 19.8. The van der Waals surface area contributed by atoms with Crippen molar-refractivity contribution in [2.45, 2.75) is 79.8 Å². The Morgan fingerprint density at radius 2 is 0.635 bits per heavy atom. The molecular weight excluding hydrogens is 1500 g/mol. The maximum Gasteiger partial charge on any atom is 0.251 e. The van der Waals surface area contributed by atoms with Crippen LogP contribution in [0.15, 0.2) is 181 Å². The summed E-state index contributed by atoms with van der Waals surface area (Å²) in [7, 11) is 5.56. The molecule has 6 aromatic rings. The molecule has 115 heavy (non-hydrogen) atoms. The number of methoxy groups -OCH3 is 4. The van der Waals surface area contributed by atoms with Gasteiger partial charge in [0, 0.05) is 54.3 Å². The van der Waals surface area contributed by atoms with Crippen LogP contribution in [0.1, 0.15) is 106 Å². The van der Waals surface area contributed by atoms with Crippen LogP contribution in [-0.2, 0) is 13.2 Å². The van der Waals surface area contributed by atoms with Gasteiger partial charge in [-0.1, -0.05) is 17.2 Å². The zero-order chi connectivity index (χ0) is 84.0. The average Bonchev–Trinajstić information content (AvgIpc) is 1.67. The van der Waals surface area contributed by atoms with E-state index in [0.717, 1.165) is 6.42 Å². The summed E-state index contributed by atoms with van der Waals surface area (Å²) in [6.07, 6.45) is 17.4. The molecule has 42 nitrogen and oxygen atoms in total. The van der Waals surface area contributed by atoms with Crippen LogP contribution in [-0.4, -0.2) is 191 Å². The number of aliphatic hydroxyl groups is 2. The Hall–Kier alpha value is -15.0. The molecule has 0 saturated heterocycles. The summed E-state index contributed by atoms with van der Waals surface area (Å²) in [6.45, 7) is 2.76. The minimum absolute atomic E-state index is 0.0185. The van der Waals surface area contributed by atoms with Crippen LogP contribution >= 0.6 is 0 Å². The standard InChI is InChI=1S/C14H15N3O4.C13H17N3O4.C13H13N3O3.C12H11N3O2.C11H12N6O3.C10H10N6O2/c1-3-4-14(16-17-14)8-15-13(20)9-5-10(7-18)12(19)11(6-9)21-2;1-3-13(15-16-13)7-14-12(19)8-4-9(6-17)11(18)10(5-8)20-2;1-3-6-13(15-16-13)8-14-12(18)9-4-5-10(17)11(7-9)19-2;1-2-7-12(14-15-12)8-13-11(17)9-3-5-10(16)6-4-9;1-20-9-4-7(2-3-8(9)18)10(19)13-5-11(15-16-11)6-14-17-12;11-16-13-6-10(14-15-10)5-12-9(18)7-1-3-8(17)4-2-7/h1,5-6,18-19H,4,7-8H2,2H3,(H,15,20);4-5,17-18H,3,6-7H2,1-2H3,(H,14,19);1,4-5,7,17H,6,8H2,2H3,(H,14,18);1,3-6,16H,7-8H2,(H,13,17);2-4,18H,5-6H2,1H3,(H,13,19);1-4,17H,5-6H2,(H,12,18). The van der Waals surface area contributed by atoms with Crippen molar-refractivity contribution in [1.29, 1.82) is 0 Å². The Kier molecular flexibility index (Phi) is 30.4. The molecule has 0 aliphatic carbocycles. The highest BCUT2D eigenvalue weighted by Gasteiger charge is 2.44. The van der Waals surface area contributed by atoms with Crippen molar-refractivity contribution in [2.75, 3.05) is 80.8 Å². The zero-order valence-corrected chi connectivity index (χ0v) is 62.2. The predicted molar refractivity (Wildman–Crippen MR) is 405 cm³/mol. The fourth-order valence-corrected chi connectivity index (χ4v) is 9.49. The molecule has 14 N–H and O–H groups in total. The highest BCUT2D eigenvalue weighted by Crippen LogP contribution is 2.37. The normalized spacial score (nSPS) is 14.6. The number of phenols is 6. The number of terminal acetylenes is 3. The number of hydrogen-bond donors (Lipinski definition) is 14. The first kappa shape index (κ1) is 87.2. The number of aromatic hydroxyl groups is 6. The van der Waals surface area contributed by atoms with Crippen molar-refractivity contribution in [2.24, 2.45) is 71.6 Å². The van der Waals surface area contributed by atoms with Crippen LogP contribution in [0, 0.1) is 37.0 Å². The number of azide groups is 2. The number of carbonyl (C=O) groups is 6. The van der Waals surface area contributed by atoms with E-state index in [9.17, 15) is 59.4 Å². The lowest BCUT2D eigenvalue weighted by atomic mass is 10.1. The van der Waals surface area contributed by atoms with Gasteiger partial charge in [-0.3, -0.25) is 28.8 Å². The molecule has 6 aliphatic heterocycles. The maximum atomic E-state index is 12.1. The Morgan fingerprint density at radius 3 is 0.887 bits per heavy atom. The van der Waals surface area contributed by atoms with E-state index in [1.807, 2.05) is 6.92 Å². The number of phenolic OH excluding ortho intramolecular Hbond substituents is 4. The molecule has 0 spiro atoms. The van der Waals surface area contributed by atoms with Crippen LogP contribution in [0.3, 0.4) is 0 Å². The molecule has 6 heterocycles. The van der Waals surface area contributed by atoms with Crippen molar-refractivity contribution in [3.05, 3.63) is 175 Å². The van der Waals surface area contributed by atoms with Crippen LogP contribution in [0.5, 0.6) is 57.5 Å². The predicted octanol–water partition coefficient (Wildman–Crippen LogP) is 7.82. The monoisotopic (exact) mass is 1580 g/mol. The van der Waals surface area contributed by atoms with Gasteiger partial charge in [-0.25, -0.2) is 0 Å². The molecule has 6 aromatic carbocycles. The molecule has 0 aromatic heterocycles. The second kappa shape index (κ2) is 40.1. The first-order valence-electron chi connectivity index (χ1n) is 34.1. The first-order chi connectivity index (χ1) is 55.1. The number of carbonyl (C=O) groups excluding carboxylic acids is 6. The molecule has 0 atom stereocenters. The number of nitrogens with zero attached hydrogens (tertiary/aromatic N) is 18.